The van der Waals surface area contributed by atoms with Gasteiger partial charge in [-0.05, 0) is 0 Å². The van der Waals surface area contributed by atoms with Crippen LogP contribution in [0.5, 0.6) is 0 Å². The maximum Gasteiger partial charge on any atom is -0.147 e. The van der Waals surface area contributed by atoms with Crippen LogP contribution in [0, 0.1) is 0 Å². The molecule has 1 N–H and O–H groups in total. The molecule has 1 unspecified atom stereocenters. The maximum absolute atomic E-state index is 6.28. The van der Waals surface area contributed by atoms with Crippen molar-refractivity contribution in [1.29, 1.82) is 0 Å². The first-order valence-electron chi connectivity index (χ1n) is 8.59. The molecule has 0 fully saturated rings. The molecule has 1 heterocycles. The van der Waals surface area contributed by atoms with E-state index in [4.69, 9.17) is 4.74 Å². The summed E-state index contributed by atoms with van der Waals surface area (Å²) in [6.07, 6.45) is 0.172. The fourth-order valence-corrected chi connectivity index (χ4v) is 21.6. The van der Waals surface area contributed by atoms with Gasteiger partial charge in [0.25, 0.3) is 0 Å². The van der Waals surface area contributed by atoms with Gasteiger partial charge in [0.05, 0.1) is 0 Å². The molecule has 0 spiro atoms. The van der Waals surface area contributed by atoms with Crippen LogP contribution in [0.15, 0.2) is 33.8 Å². The van der Waals surface area contributed by atoms with Crippen LogP contribution in [0.4, 0.5) is 0 Å². The minimum Gasteiger partial charge on any atom is -0.147 e. The molecule has 0 saturated heterocycles. The van der Waals surface area contributed by atoms with E-state index in [1.54, 1.807) is 3.28 Å². The summed E-state index contributed by atoms with van der Waals surface area (Å²) >= 11 is 0.311. The fourth-order valence-electron chi connectivity index (χ4n) is 4.37. The summed E-state index contributed by atoms with van der Waals surface area (Å²) in [4.78, 5) is 0. The molecular formula is C19H30BrCl2NOSiZr. The Morgan fingerprint density at radius 1 is 1.15 bits per heavy atom. The van der Waals surface area contributed by atoms with Crippen molar-refractivity contribution in [2.24, 2.45) is 0 Å². The van der Waals surface area contributed by atoms with E-state index >= 15 is 0 Å². The van der Waals surface area contributed by atoms with Crippen molar-refractivity contribution >= 4 is 56.7 Å². The van der Waals surface area contributed by atoms with Crippen molar-refractivity contribution in [3.05, 3.63) is 44.3 Å². The Morgan fingerprint density at radius 2 is 1.73 bits per heavy atom. The van der Waals surface area contributed by atoms with Crippen LogP contribution in [0.2, 0.25) is 9.26 Å². The smallest absolute Gasteiger partial charge is 0.147 e. The minimum absolute atomic E-state index is 0. The zero-order valence-corrected chi connectivity index (χ0v) is 23.7. The van der Waals surface area contributed by atoms with E-state index < -0.39 is 17.7 Å². The Bertz CT molecular complexity index is 972. The van der Waals surface area contributed by atoms with Gasteiger partial charge in [-0.2, -0.15) is 0 Å². The Morgan fingerprint density at radius 3 is 2.27 bits per heavy atom. The molecule has 1 aliphatic heterocycles. The Balaban J connectivity index is 0.00000169. The summed E-state index contributed by atoms with van der Waals surface area (Å²) in [6.45, 7) is 13.5. The van der Waals surface area contributed by atoms with Gasteiger partial charge in [-0.3, -0.25) is 0 Å². The van der Waals surface area contributed by atoms with Crippen LogP contribution in [-0.4, -0.2) is 18.5 Å². The normalized spacial score (nSPS) is 19.5. The molecule has 7 heteroatoms. The van der Waals surface area contributed by atoms with E-state index in [0.717, 1.165) is 10.2 Å². The molecule has 0 amide bonds. The molecule has 1 aromatic rings. The standard InChI is InChI=1S/C13H10BrO.C4H10N.2CH3.2ClH.H2Si.Zr/c1-7-8(2)15-13-11-4-3-10(14)5-9(11)6-12(7)13;1-4(2,3)5;;;;;;/h3-5,8H,1-2H3;5H,1-3H3;2*1H3;2*1H;1H2;/q;-1;;;;;;+1. The Hall–Kier alpha value is 0.620. The summed E-state index contributed by atoms with van der Waals surface area (Å²) in [5.74, 6) is 1.10. The van der Waals surface area contributed by atoms with Gasteiger partial charge in [-0.1, -0.05) is 0 Å². The number of ether oxygens (including phenoxy) is 1. The average molecular weight is 559 g/mol. The molecule has 2 nitrogen and oxygen atoms in total. The summed E-state index contributed by atoms with van der Waals surface area (Å²) in [6, 6.07) is 6.61. The SMILES string of the molecule is CC1=C2C(=c3ccc(Br)cc3=[C]2[Zr]([CH3])([CH3])(=[SiH2])[NH]C(C)(C)C)OC1C.Cl.Cl. The maximum atomic E-state index is 6.28. The van der Waals surface area contributed by atoms with Crippen LogP contribution in [0.3, 0.4) is 0 Å². The van der Waals surface area contributed by atoms with Gasteiger partial charge in [-0.15, -0.1) is 24.8 Å². The van der Waals surface area contributed by atoms with Gasteiger partial charge in [0, 0.05) is 0 Å². The second-order valence-corrected chi connectivity index (χ2v) is 37.8. The molecule has 1 aromatic carbocycles. The van der Waals surface area contributed by atoms with Crippen molar-refractivity contribution in [2.75, 3.05) is 0 Å². The second kappa shape index (κ2) is 7.46. The Labute approximate surface area is 180 Å². The van der Waals surface area contributed by atoms with E-state index in [-0.39, 0.29) is 36.5 Å². The van der Waals surface area contributed by atoms with E-state index in [1.807, 2.05) is 0 Å². The topological polar surface area (TPSA) is 21.3 Å². The number of fused-ring (bicyclic) bond motifs is 2. The molecule has 3 rings (SSSR count). The summed E-state index contributed by atoms with van der Waals surface area (Å²) in [5, 5.41) is 2.63. The van der Waals surface area contributed by atoms with Crippen molar-refractivity contribution in [2.45, 2.75) is 55.5 Å². The number of hydrogen-bond acceptors (Lipinski definition) is 2. The van der Waals surface area contributed by atoms with E-state index in [2.05, 4.69) is 88.2 Å². The van der Waals surface area contributed by atoms with Crippen LogP contribution in [0.1, 0.15) is 34.6 Å². The van der Waals surface area contributed by atoms with Crippen LogP contribution in [-0.2, 0) is 22.4 Å². The summed E-state index contributed by atoms with van der Waals surface area (Å²) in [7, 11) is 0. The van der Waals surface area contributed by atoms with Crippen molar-refractivity contribution < 1.29 is 22.4 Å². The molecule has 0 saturated carbocycles. The van der Waals surface area contributed by atoms with E-state index in [1.165, 1.54) is 21.6 Å². The number of rotatable bonds is 2. The third-order valence-corrected chi connectivity index (χ3v) is 17.5. The third kappa shape index (κ3) is 4.28. The molecule has 26 heavy (non-hydrogen) atoms. The molecule has 0 aromatic heterocycles. The fraction of sp³-hybridized carbons (Fsp3) is 0.474. The zero-order chi connectivity index (χ0) is 18.1. The second-order valence-electron chi connectivity index (χ2n) is 9.27. The molecular weight excluding hydrogens is 528 g/mol. The van der Waals surface area contributed by atoms with Crippen molar-refractivity contribution in [3.63, 3.8) is 0 Å². The van der Waals surface area contributed by atoms with Crippen LogP contribution >= 0.6 is 40.7 Å². The largest absolute Gasteiger partial charge is 0.147 e. The number of nitrogens with one attached hydrogen (secondary N) is 1. The monoisotopic (exact) mass is 555 g/mol. The first-order chi connectivity index (χ1) is 10.8. The van der Waals surface area contributed by atoms with E-state index in [9.17, 15) is 0 Å². The van der Waals surface area contributed by atoms with Crippen molar-refractivity contribution in [3.8, 4) is 0 Å². The van der Waals surface area contributed by atoms with Gasteiger partial charge < -0.3 is 0 Å². The third-order valence-electron chi connectivity index (χ3n) is 4.85. The number of hydrogen-bond donors (Lipinski definition) is 1. The number of benzene rings is 1. The predicted molar refractivity (Wildman–Crippen MR) is 121 cm³/mol. The first kappa shape index (κ1) is 24.7. The van der Waals surface area contributed by atoms with Crippen molar-refractivity contribution in [1.82, 2.24) is 3.26 Å². The zero-order valence-electron chi connectivity index (χ0n) is 16.6. The quantitative estimate of drug-likeness (QED) is 0.557. The van der Waals surface area contributed by atoms with Gasteiger partial charge in [0.1, 0.15) is 0 Å². The van der Waals surface area contributed by atoms with Crippen LogP contribution < -0.4 is 13.7 Å². The van der Waals surface area contributed by atoms with E-state index in [0.29, 0.717) is 0 Å². The van der Waals surface area contributed by atoms with Crippen LogP contribution in [0.25, 0.3) is 9.04 Å². The first-order valence-corrected chi connectivity index (χ1v) is 22.7. The number of halogens is 3. The minimum atomic E-state index is -3.36. The summed E-state index contributed by atoms with van der Waals surface area (Å²) in [5.41, 5.74) is 2.86. The average Bonchev–Trinajstić information content (AvgIpc) is 2.82. The molecule has 1 atom stereocenters. The molecule has 146 valence electrons. The predicted octanol–water partition coefficient (Wildman–Crippen LogP) is 3.89. The van der Waals surface area contributed by atoms with Gasteiger partial charge in [-0.25, -0.2) is 0 Å². The van der Waals surface area contributed by atoms with Gasteiger partial charge in [0.15, 0.2) is 0 Å². The molecule has 0 radical (unpaired) electrons. The molecule has 1 aliphatic carbocycles. The summed E-state index contributed by atoms with van der Waals surface area (Å²) < 4.78 is 18.1. The molecule has 0 bridgehead atoms. The van der Waals surface area contributed by atoms with Gasteiger partial charge >= 0.3 is 157 Å². The Kier molecular flexibility index (Phi) is 7.08. The van der Waals surface area contributed by atoms with Gasteiger partial charge in [0.2, 0.25) is 0 Å². The molecule has 2 aliphatic rings.